The molecule has 1 N–H and O–H groups in total. The van der Waals surface area contributed by atoms with Gasteiger partial charge in [0.1, 0.15) is 5.82 Å². The third-order valence-electron chi connectivity index (χ3n) is 5.27. The highest BCUT2D eigenvalue weighted by atomic mass is 19.1. The van der Waals surface area contributed by atoms with Gasteiger partial charge in [-0.2, -0.15) is 0 Å². The molecule has 3 aliphatic rings. The zero-order valence-electron chi connectivity index (χ0n) is 13.1. The van der Waals surface area contributed by atoms with Crippen LogP contribution >= 0.6 is 0 Å². The first-order chi connectivity index (χ1) is 11.1. The van der Waals surface area contributed by atoms with Crippen LogP contribution < -0.4 is 5.32 Å². The monoisotopic (exact) mass is 316 g/mol. The van der Waals surface area contributed by atoms with Crippen molar-refractivity contribution in [2.24, 2.45) is 0 Å². The van der Waals surface area contributed by atoms with Gasteiger partial charge in [0.25, 0.3) is 0 Å². The Morgan fingerprint density at radius 3 is 2.52 bits per heavy atom. The number of carbonyl (C=O) groups is 2. The molecule has 2 saturated carbocycles. The van der Waals surface area contributed by atoms with Gasteiger partial charge >= 0.3 is 0 Å². The number of carbonyl (C=O) groups excluding carboxylic acids is 2. The zero-order chi connectivity index (χ0) is 16.0. The lowest BCUT2D eigenvalue weighted by molar-refractivity contribution is -0.137. The molecular formula is C18H21FN2O2. The van der Waals surface area contributed by atoms with Crippen LogP contribution in [-0.2, 0) is 9.59 Å². The largest absolute Gasteiger partial charge is 0.336 e. The van der Waals surface area contributed by atoms with E-state index in [1.165, 1.54) is 25.0 Å². The second-order valence-electron chi connectivity index (χ2n) is 6.95. The van der Waals surface area contributed by atoms with E-state index in [9.17, 15) is 14.0 Å². The van der Waals surface area contributed by atoms with Crippen molar-refractivity contribution >= 4 is 17.5 Å². The van der Waals surface area contributed by atoms with Crippen LogP contribution in [0, 0.1) is 5.82 Å². The van der Waals surface area contributed by atoms with E-state index in [1.807, 2.05) is 0 Å². The minimum Gasteiger partial charge on any atom is -0.336 e. The van der Waals surface area contributed by atoms with Crippen molar-refractivity contribution in [2.75, 3.05) is 5.32 Å². The second kappa shape index (κ2) is 5.62. The lowest BCUT2D eigenvalue weighted by Crippen LogP contribution is -2.45. The summed E-state index contributed by atoms with van der Waals surface area (Å²) in [5.74, 6) is -1.02. The molecule has 1 atom stereocenters. The molecule has 1 aromatic rings. The number of amides is 2. The Balaban J connectivity index is 1.66. The van der Waals surface area contributed by atoms with Gasteiger partial charge in [0.15, 0.2) is 0 Å². The fraction of sp³-hybridized carbons (Fsp3) is 0.556. The van der Waals surface area contributed by atoms with Crippen molar-refractivity contribution in [2.45, 2.75) is 62.9 Å². The molecule has 4 rings (SSSR count). The molecule has 0 bridgehead atoms. The molecule has 2 fully saturated rings. The van der Waals surface area contributed by atoms with Crippen LogP contribution in [0.15, 0.2) is 18.2 Å². The first kappa shape index (κ1) is 14.7. The Morgan fingerprint density at radius 1 is 1.13 bits per heavy atom. The minimum atomic E-state index is -0.472. The number of hydrogen-bond donors (Lipinski definition) is 1. The van der Waals surface area contributed by atoms with Gasteiger partial charge in [0.05, 0.1) is 5.92 Å². The topological polar surface area (TPSA) is 49.4 Å². The Morgan fingerprint density at radius 2 is 1.83 bits per heavy atom. The van der Waals surface area contributed by atoms with Crippen LogP contribution in [-0.4, -0.2) is 28.8 Å². The molecule has 0 spiro atoms. The normalized spacial score (nSPS) is 24.2. The number of nitrogens with one attached hydrogen (secondary N) is 1. The lowest BCUT2D eigenvalue weighted by atomic mass is 9.88. The summed E-state index contributed by atoms with van der Waals surface area (Å²) in [7, 11) is 0. The second-order valence-corrected chi connectivity index (χ2v) is 6.95. The third-order valence-corrected chi connectivity index (χ3v) is 5.27. The smallest absolute Gasteiger partial charge is 0.231 e. The van der Waals surface area contributed by atoms with Crippen molar-refractivity contribution in [3.05, 3.63) is 29.6 Å². The molecule has 0 saturated heterocycles. The number of fused-ring (bicyclic) bond motifs is 1. The summed E-state index contributed by atoms with van der Waals surface area (Å²) >= 11 is 0. The summed E-state index contributed by atoms with van der Waals surface area (Å²) in [4.78, 5) is 27.2. The maximum absolute atomic E-state index is 13.4. The Hall–Kier alpha value is -1.91. The van der Waals surface area contributed by atoms with Crippen molar-refractivity contribution in [1.29, 1.82) is 0 Å². The summed E-state index contributed by atoms with van der Waals surface area (Å²) in [5, 5.41) is 2.69. The molecule has 4 nitrogen and oxygen atoms in total. The number of nitrogens with zero attached hydrogens (tertiary/aromatic N) is 1. The van der Waals surface area contributed by atoms with Gasteiger partial charge in [-0.15, -0.1) is 0 Å². The average Bonchev–Trinajstić information content (AvgIpc) is 3.20. The summed E-state index contributed by atoms with van der Waals surface area (Å²) in [6.45, 7) is 0. The van der Waals surface area contributed by atoms with Gasteiger partial charge in [0, 0.05) is 24.2 Å². The summed E-state index contributed by atoms with van der Waals surface area (Å²) in [6.07, 6.45) is 6.78. The number of halogens is 1. The number of anilines is 1. The van der Waals surface area contributed by atoms with Gasteiger partial charge in [0.2, 0.25) is 11.8 Å². The Bertz CT molecular complexity index is 650. The SMILES string of the molecule is O=C1CC(C(=O)N(C2CCCC2)C2CC2)c2ccc(F)cc2N1. The van der Waals surface area contributed by atoms with Gasteiger partial charge < -0.3 is 10.2 Å². The quantitative estimate of drug-likeness (QED) is 0.931. The molecule has 2 aliphatic carbocycles. The van der Waals surface area contributed by atoms with Gasteiger partial charge in [-0.3, -0.25) is 9.59 Å². The van der Waals surface area contributed by atoms with E-state index in [0.29, 0.717) is 17.8 Å². The average molecular weight is 316 g/mol. The van der Waals surface area contributed by atoms with E-state index in [2.05, 4.69) is 10.2 Å². The van der Waals surface area contributed by atoms with E-state index in [1.54, 1.807) is 6.07 Å². The summed E-state index contributed by atoms with van der Waals surface area (Å²) in [5.41, 5.74) is 1.20. The molecule has 23 heavy (non-hydrogen) atoms. The molecule has 0 aromatic heterocycles. The van der Waals surface area contributed by atoms with Crippen molar-refractivity contribution < 1.29 is 14.0 Å². The number of benzene rings is 1. The lowest BCUT2D eigenvalue weighted by Gasteiger charge is -2.34. The standard InChI is InChI=1S/C18H21FN2O2/c19-11-5-8-14-15(10-17(22)20-16(14)9-11)18(23)21(13-6-7-13)12-3-1-2-4-12/h5,8-9,12-13,15H,1-4,6-7,10H2,(H,20,22). The maximum atomic E-state index is 13.4. The number of rotatable bonds is 3. The van der Waals surface area contributed by atoms with Crippen LogP contribution in [0.5, 0.6) is 0 Å². The van der Waals surface area contributed by atoms with Crippen molar-refractivity contribution in [1.82, 2.24) is 4.90 Å². The molecule has 1 aliphatic heterocycles. The van der Waals surface area contributed by atoms with Crippen LogP contribution in [0.2, 0.25) is 0 Å². The predicted molar refractivity (Wildman–Crippen MR) is 84.5 cm³/mol. The van der Waals surface area contributed by atoms with Crippen molar-refractivity contribution in [3.8, 4) is 0 Å². The van der Waals surface area contributed by atoms with Crippen LogP contribution in [0.4, 0.5) is 10.1 Å². The molecule has 0 radical (unpaired) electrons. The van der Waals surface area contributed by atoms with E-state index in [4.69, 9.17) is 0 Å². The van der Waals surface area contributed by atoms with E-state index in [-0.39, 0.29) is 18.2 Å². The first-order valence-corrected chi connectivity index (χ1v) is 8.55. The van der Waals surface area contributed by atoms with E-state index in [0.717, 1.165) is 31.2 Å². The Labute approximate surface area is 135 Å². The van der Waals surface area contributed by atoms with Crippen LogP contribution in [0.1, 0.15) is 56.4 Å². The summed E-state index contributed by atoms with van der Waals surface area (Å²) < 4.78 is 13.4. The molecule has 5 heteroatoms. The summed E-state index contributed by atoms with van der Waals surface area (Å²) in [6, 6.07) is 4.99. The highest BCUT2D eigenvalue weighted by Gasteiger charge is 2.43. The van der Waals surface area contributed by atoms with E-state index >= 15 is 0 Å². The number of hydrogen-bond acceptors (Lipinski definition) is 2. The molecule has 1 aromatic carbocycles. The first-order valence-electron chi connectivity index (χ1n) is 8.55. The molecule has 1 unspecified atom stereocenters. The van der Waals surface area contributed by atoms with Gasteiger partial charge in [-0.05, 0) is 43.4 Å². The zero-order valence-corrected chi connectivity index (χ0v) is 13.1. The molecule has 1 heterocycles. The maximum Gasteiger partial charge on any atom is 0.231 e. The Kier molecular flexibility index (Phi) is 3.58. The highest BCUT2D eigenvalue weighted by Crippen LogP contribution is 2.40. The fourth-order valence-corrected chi connectivity index (χ4v) is 4.03. The van der Waals surface area contributed by atoms with Gasteiger partial charge in [-0.25, -0.2) is 4.39 Å². The fourth-order valence-electron chi connectivity index (χ4n) is 4.03. The molecule has 122 valence electrons. The van der Waals surface area contributed by atoms with Gasteiger partial charge in [-0.1, -0.05) is 18.9 Å². The van der Waals surface area contributed by atoms with E-state index < -0.39 is 11.7 Å². The minimum absolute atomic E-state index is 0.0575. The highest BCUT2D eigenvalue weighted by molar-refractivity contribution is 6.01. The van der Waals surface area contributed by atoms with Crippen LogP contribution in [0.3, 0.4) is 0 Å². The van der Waals surface area contributed by atoms with Crippen LogP contribution in [0.25, 0.3) is 0 Å². The molecule has 2 amide bonds. The molecular weight excluding hydrogens is 295 g/mol. The third kappa shape index (κ3) is 2.73. The van der Waals surface area contributed by atoms with Crippen molar-refractivity contribution in [3.63, 3.8) is 0 Å². The predicted octanol–water partition coefficient (Wildman–Crippen LogP) is 3.19.